The zero-order valence-electron chi connectivity index (χ0n) is 15.2. The van der Waals surface area contributed by atoms with E-state index in [0.29, 0.717) is 6.54 Å². The van der Waals surface area contributed by atoms with E-state index in [0.717, 1.165) is 32.7 Å². The zero-order chi connectivity index (χ0) is 19.2. The molecular formula is C20H25N3O4. The summed E-state index contributed by atoms with van der Waals surface area (Å²) >= 11 is 0. The van der Waals surface area contributed by atoms with E-state index < -0.39 is 12.1 Å². The van der Waals surface area contributed by atoms with Crippen molar-refractivity contribution in [1.82, 2.24) is 14.4 Å². The molecule has 1 fully saturated rings. The summed E-state index contributed by atoms with van der Waals surface area (Å²) in [6, 6.07) is 12.9. The maximum Gasteiger partial charge on any atom is 0.337 e. The summed E-state index contributed by atoms with van der Waals surface area (Å²) < 4.78 is 1.26. The molecule has 0 saturated carbocycles. The third kappa shape index (κ3) is 5.50. The molecular weight excluding hydrogens is 346 g/mol. The molecule has 144 valence electrons. The van der Waals surface area contributed by atoms with Crippen LogP contribution in [0.4, 0.5) is 0 Å². The van der Waals surface area contributed by atoms with E-state index in [1.165, 1.54) is 28.5 Å². The topological polar surface area (TPSA) is 86.0 Å². The molecule has 0 amide bonds. The predicted molar refractivity (Wildman–Crippen MR) is 102 cm³/mol. The Morgan fingerprint density at radius 1 is 0.963 bits per heavy atom. The van der Waals surface area contributed by atoms with Crippen molar-refractivity contribution in [2.24, 2.45) is 0 Å². The maximum atomic E-state index is 11.9. The fraction of sp³-hybridized carbons (Fsp3) is 0.400. The number of pyridine rings is 1. The van der Waals surface area contributed by atoms with Crippen LogP contribution in [0, 0.1) is 0 Å². The number of hydrogen-bond donors (Lipinski definition) is 2. The SMILES string of the molecule is O=C(O)c1ccc(=O)n(CC(O)CN2CCN(Cc3ccccc3)CC2)c1. The van der Waals surface area contributed by atoms with E-state index in [4.69, 9.17) is 5.11 Å². The first kappa shape index (κ1) is 19.3. The van der Waals surface area contributed by atoms with Crippen molar-refractivity contribution in [3.05, 3.63) is 70.1 Å². The number of aliphatic hydroxyl groups excluding tert-OH is 1. The first-order chi connectivity index (χ1) is 13.0. The molecule has 1 aromatic heterocycles. The van der Waals surface area contributed by atoms with Gasteiger partial charge in [0.25, 0.3) is 5.56 Å². The number of carboxylic acid groups (broad SMARTS) is 1. The number of nitrogens with zero attached hydrogens (tertiary/aromatic N) is 3. The van der Waals surface area contributed by atoms with Crippen LogP contribution in [0.1, 0.15) is 15.9 Å². The maximum absolute atomic E-state index is 11.9. The van der Waals surface area contributed by atoms with Crippen LogP contribution in [0.5, 0.6) is 0 Å². The molecule has 1 aliphatic rings. The summed E-state index contributed by atoms with van der Waals surface area (Å²) in [4.78, 5) is 27.5. The average Bonchev–Trinajstić information content (AvgIpc) is 2.66. The predicted octanol–water partition coefficient (Wildman–Crippen LogP) is 0.725. The van der Waals surface area contributed by atoms with Crippen molar-refractivity contribution in [3.8, 4) is 0 Å². The van der Waals surface area contributed by atoms with Gasteiger partial charge in [0.2, 0.25) is 0 Å². The molecule has 0 bridgehead atoms. The Kier molecular flexibility index (Phi) is 6.39. The summed E-state index contributed by atoms with van der Waals surface area (Å²) in [5, 5.41) is 19.4. The van der Waals surface area contributed by atoms with Crippen LogP contribution < -0.4 is 5.56 Å². The summed E-state index contributed by atoms with van der Waals surface area (Å²) in [5.74, 6) is -1.09. The van der Waals surface area contributed by atoms with Crippen LogP contribution >= 0.6 is 0 Å². The molecule has 7 nitrogen and oxygen atoms in total. The quantitative estimate of drug-likeness (QED) is 0.746. The molecule has 1 saturated heterocycles. The van der Waals surface area contributed by atoms with Crippen LogP contribution in [0.2, 0.25) is 0 Å². The second-order valence-corrected chi connectivity index (χ2v) is 6.93. The van der Waals surface area contributed by atoms with Gasteiger partial charge in [-0.3, -0.25) is 14.6 Å². The van der Waals surface area contributed by atoms with Crippen molar-refractivity contribution in [1.29, 1.82) is 0 Å². The lowest BCUT2D eigenvalue weighted by Crippen LogP contribution is -2.48. The Bertz CT molecular complexity index is 813. The van der Waals surface area contributed by atoms with E-state index in [9.17, 15) is 14.7 Å². The van der Waals surface area contributed by atoms with Crippen molar-refractivity contribution in [2.75, 3.05) is 32.7 Å². The normalized spacial score (nSPS) is 16.9. The van der Waals surface area contributed by atoms with Gasteiger partial charge in [0.05, 0.1) is 18.2 Å². The first-order valence-electron chi connectivity index (χ1n) is 9.12. The number of β-amino-alcohol motifs (C(OH)–C–C–N with tert-alkyl or cyclic N) is 1. The molecule has 0 aliphatic carbocycles. The number of aromatic nitrogens is 1. The lowest BCUT2D eigenvalue weighted by Gasteiger charge is -2.35. The van der Waals surface area contributed by atoms with Gasteiger partial charge in [0.15, 0.2) is 0 Å². The number of benzene rings is 1. The molecule has 2 N–H and O–H groups in total. The number of rotatable bonds is 7. The van der Waals surface area contributed by atoms with Gasteiger partial charge in [0.1, 0.15) is 0 Å². The lowest BCUT2D eigenvalue weighted by atomic mass is 10.2. The van der Waals surface area contributed by atoms with Gasteiger partial charge >= 0.3 is 5.97 Å². The molecule has 2 aromatic rings. The van der Waals surface area contributed by atoms with Crippen molar-refractivity contribution < 1.29 is 15.0 Å². The molecule has 2 heterocycles. The van der Waals surface area contributed by atoms with Gasteiger partial charge in [-0.2, -0.15) is 0 Å². The van der Waals surface area contributed by atoms with Crippen molar-refractivity contribution >= 4 is 5.97 Å². The summed E-state index contributed by atoms with van der Waals surface area (Å²) in [7, 11) is 0. The van der Waals surface area contributed by atoms with Crippen molar-refractivity contribution in [2.45, 2.75) is 19.2 Å². The minimum Gasteiger partial charge on any atom is -0.478 e. The van der Waals surface area contributed by atoms with Crippen LogP contribution in [-0.4, -0.2) is 69.4 Å². The van der Waals surface area contributed by atoms with E-state index in [-0.39, 0.29) is 17.7 Å². The van der Waals surface area contributed by atoms with E-state index in [1.54, 1.807) is 0 Å². The third-order valence-electron chi connectivity index (χ3n) is 4.82. The molecule has 1 unspecified atom stereocenters. The lowest BCUT2D eigenvalue weighted by molar-refractivity contribution is 0.0612. The van der Waals surface area contributed by atoms with Crippen molar-refractivity contribution in [3.63, 3.8) is 0 Å². The number of carbonyl (C=O) groups is 1. The largest absolute Gasteiger partial charge is 0.478 e. The highest BCUT2D eigenvalue weighted by atomic mass is 16.4. The minimum atomic E-state index is -1.09. The Hall–Kier alpha value is -2.48. The second kappa shape index (κ2) is 8.94. The zero-order valence-corrected chi connectivity index (χ0v) is 15.2. The van der Waals surface area contributed by atoms with Crippen LogP contribution in [0.15, 0.2) is 53.5 Å². The Morgan fingerprint density at radius 2 is 1.63 bits per heavy atom. The van der Waals surface area contributed by atoms with E-state index >= 15 is 0 Å². The third-order valence-corrected chi connectivity index (χ3v) is 4.82. The smallest absolute Gasteiger partial charge is 0.337 e. The molecule has 1 aromatic carbocycles. The van der Waals surface area contributed by atoms with E-state index in [2.05, 4.69) is 21.9 Å². The first-order valence-corrected chi connectivity index (χ1v) is 9.12. The monoisotopic (exact) mass is 371 g/mol. The fourth-order valence-corrected chi connectivity index (χ4v) is 3.35. The number of aliphatic hydroxyl groups is 1. The number of hydrogen-bond acceptors (Lipinski definition) is 5. The van der Waals surface area contributed by atoms with Gasteiger partial charge in [-0.25, -0.2) is 4.79 Å². The van der Waals surface area contributed by atoms with Crippen LogP contribution in [0.3, 0.4) is 0 Å². The highest BCUT2D eigenvalue weighted by Crippen LogP contribution is 2.09. The fourth-order valence-electron chi connectivity index (χ4n) is 3.35. The molecule has 7 heteroatoms. The average molecular weight is 371 g/mol. The van der Waals surface area contributed by atoms with Gasteiger partial charge in [0, 0.05) is 51.5 Å². The van der Waals surface area contributed by atoms with Crippen LogP contribution in [-0.2, 0) is 13.1 Å². The molecule has 0 radical (unpaired) electrons. The highest BCUT2D eigenvalue weighted by Gasteiger charge is 2.20. The number of aromatic carboxylic acids is 1. The number of piperazine rings is 1. The molecule has 1 atom stereocenters. The van der Waals surface area contributed by atoms with Gasteiger partial charge in [-0.05, 0) is 11.6 Å². The summed E-state index contributed by atoms with van der Waals surface area (Å²) in [5.41, 5.74) is 1.02. The Balaban J connectivity index is 1.48. The molecule has 27 heavy (non-hydrogen) atoms. The molecule has 0 spiro atoms. The van der Waals surface area contributed by atoms with E-state index in [1.807, 2.05) is 18.2 Å². The van der Waals surface area contributed by atoms with Gasteiger partial charge < -0.3 is 14.8 Å². The highest BCUT2D eigenvalue weighted by molar-refractivity contribution is 5.87. The standard InChI is InChI=1S/C20H25N3O4/c24-18(15-23-13-17(20(26)27)6-7-19(23)25)14-22-10-8-21(9-11-22)12-16-4-2-1-3-5-16/h1-7,13,18,24H,8-12,14-15H2,(H,26,27). The Morgan fingerprint density at radius 3 is 2.30 bits per heavy atom. The second-order valence-electron chi connectivity index (χ2n) is 6.93. The summed E-state index contributed by atoms with van der Waals surface area (Å²) in [6.07, 6.45) is 0.554. The minimum absolute atomic E-state index is 0.0383. The van der Waals surface area contributed by atoms with Gasteiger partial charge in [-0.1, -0.05) is 30.3 Å². The van der Waals surface area contributed by atoms with Crippen LogP contribution in [0.25, 0.3) is 0 Å². The summed E-state index contributed by atoms with van der Waals surface area (Å²) in [6.45, 7) is 5.04. The molecule has 3 rings (SSSR count). The Labute approximate surface area is 158 Å². The van der Waals surface area contributed by atoms with Gasteiger partial charge in [-0.15, -0.1) is 0 Å². The number of carboxylic acids is 1. The molecule has 1 aliphatic heterocycles.